The van der Waals surface area contributed by atoms with Crippen molar-refractivity contribution in [3.63, 3.8) is 0 Å². The van der Waals surface area contributed by atoms with E-state index in [4.69, 9.17) is 16.8 Å². The molecule has 1 rings (SSSR count). The van der Waals surface area contributed by atoms with Crippen molar-refractivity contribution in [3.05, 3.63) is 0 Å². The van der Waals surface area contributed by atoms with Gasteiger partial charge in [-0.1, -0.05) is 18.0 Å². The maximum atomic E-state index is 8.49. The Morgan fingerprint density at radius 1 is 1.40 bits per heavy atom. The SMILES string of the molecule is ON=C1CCCCCC1Cl. The summed E-state index contributed by atoms with van der Waals surface area (Å²) in [6.07, 6.45) is 5.31. The molecule has 58 valence electrons. The van der Waals surface area contributed by atoms with Gasteiger partial charge < -0.3 is 5.21 Å². The number of halogens is 1. The van der Waals surface area contributed by atoms with Gasteiger partial charge in [0.05, 0.1) is 11.1 Å². The van der Waals surface area contributed by atoms with Crippen LogP contribution in [0.5, 0.6) is 0 Å². The zero-order valence-electron chi connectivity index (χ0n) is 5.89. The van der Waals surface area contributed by atoms with E-state index >= 15 is 0 Å². The highest BCUT2D eigenvalue weighted by Crippen LogP contribution is 2.19. The van der Waals surface area contributed by atoms with Gasteiger partial charge in [0.2, 0.25) is 0 Å². The number of nitrogens with zero attached hydrogens (tertiary/aromatic N) is 1. The number of hydrogen-bond acceptors (Lipinski definition) is 2. The van der Waals surface area contributed by atoms with Crippen LogP contribution in [-0.4, -0.2) is 16.3 Å². The van der Waals surface area contributed by atoms with Crippen LogP contribution in [0.3, 0.4) is 0 Å². The molecule has 0 aromatic heterocycles. The fraction of sp³-hybridized carbons (Fsp3) is 0.857. The number of alkyl halides is 1. The average molecular weight is 162 g/mol. The molecule has 1 atom stereocenters. The highest BCUT2D eigenvalue weighted by molar-refractivity contribution is 6.32. The molecule has 0 aromatic carbocycles. The first-order chi connectivity index (χ1) is 4.84. The van der Waals surface area contributed by atoms with Gasteiger partial charge in [-0.2, -0.15) is 0 Å². The van der Waals surface area contributed by atoms with Crippen LogP contribution in [0.1, 0.15) is 32.1 Å². The molecule has 10 heavy (non-hydrogen) atoms. The van der Waals surface area contributed by atoms with Crippen molar-refractivity contribution in [2.45, 2.75) is 37.5 Å². The molecular formula is C7H12ClNO. The molecule has 2 nitrogen and oxygen atoms in total. The van der Waals surface area contributed by atoms with Crippen LogP contribution in [0.25, 0.3) is 0 Å². The minimum atomic E-state index is -0.0208. The van der Waals surface area contributed by atoms with Crippen molar-refractivity contribution in [1.82, 2.24) is 0 Å². The van der Waals surface area contributed by atoms with Crippen molar-refractivity contribution >= 4 is 17.3 Å². The van der Waals surface area contributed by atoms with Gasteiger partial charge in [0.1, 0.15) is 0 Å². The summed E-state index contributed by atoms with van der Waals surface area (Å²) in [5.74, 6) is 0. The largest absolute Gasteiger partial charge is 0.411 e. The maximum absolute atomic E-state index is 8.49. The second kappa shape index (κ2) is 3.81. The van der Waals surface area contributed by atoms with Gasteiger partial charge in [0.25, 0.3) is 0 Å². The molecule has 1 unspecified atom stereocenters. The maximum Gasteiger partial charge on any atom is 0.0751 e. The highest BCUT2D eigenvalue weighted by atomic mass is 35.5. The molecule has 1 N–H and O–H groups in total. The van der Waals surface area contributed by atoms with E-state index in [1.807, 2.05) is 0 Å². The van der Waals surface area contributed by atoms with Gasteiger partial charge >= 0.3 is 0 Å². The predicted octanol–water partition coefficient (Wildman–Crippen LogP) is 2.39. The summed E-state index contributed by atoms with van der Waals surface area (Å²) in [5.41, 5.74) is 0.763. The van der Waals surface area contributed by atoms with Gasteiger partial charge in [-0.25, -0.2) is 0 Å². The third kappa shape index (κ3) is 1.87. The molecule has 0 radical (unpaired) electrons. The first-order valence-electron chi connectivity index (χ1n) is 3.69. The Morgan fingerprint density at radius 3 is 2.90 bits per heavy atom. The number of hydrogen-bond donors (Lipinski definition) is 1. The van der Waals surface area contributed by atoms with Crippen LogP contribution < -0.4 is 0 Å². The van der Waals surface area contributed by atoms with E-state index in [9.17, 15) is 0 Å². The average Bonchev–Trinajstić information content (AvgIpc) is 2.13. The first kappa shape index (κ1) is 7.86. The summed E-state index contributed by atoms with van der Waals surface area (Å²) in [4.78, 5) is 0. The summed E-state index contributed by atoms with van der Waals surface area (Å²) in [5, 5.41) is 11.6. The zero-order chi connectivity index (χ0) is 7.40. The van der Waals surface area contributed by atoms with Gasteiger partial charge in [-0.05, 0) is 19.3 Å². The molecule has 1 saturated carbocycles. The summed E-state index contributed by atoms with van der Waals surface area (Å²) >= 11 is 5.90. The Morgan fingerprint density at radius 2 is 2.20 bits per heavy atom. The Kier molecular flexibility index (Phi) is 3.00. The van der Waals surface area contributed by atoms with Crippen molar-refractivity contribution in [2.75, 3.05) is 0 Å². The first-order valence-corrected chi connectivity index (χ1v) is 4.13. The van der Waals surface area contributed by atoms with Crippen LogP contribution in [0.15, 0.2) is 5.16 Å². The summed E-state index contributed by atoms with van der Waals surface area (Å²) in [6, 6.07) is 0. The lowest BCUT2D eigenvalue weighted by Gasteiger charge is -2.04. The van der Waals surface area contributed by atoms with Crippen molar-refractivity contribution in [2.24, 2.45) is 5.16 Å². The molecule has 1 fully saturated rings. The second-order valence-electron chi connectivity index (χ2n) is 2.66. The van der Waals surface area contributed by atoms with Crippen LogP contribution in [0.4, 0.5) is 0 Å². The molecular weight excluding hydrogens is 150 g/mol. The lowest BCUT2D eigenvalue weighted by atomic mass is 10.2. The van der Waals surface area contributed by atoms with E-state index in [0.29, 0.717) is 0 Å². The molecule has 1 aliphatic carbocycles. The van der Waals surface area contributed by atoms with E-state index in [-0.39, 0.29) is 5.38 Å². The number of rotatable bonds is 0. The highest BCUT2D eigenvalue weighted by Gasteiger charge is 2.16. The fourth-order valence-electron chi connectivity index (χ4n) is 1.24. The minimum absolute atomic E-state index is 0.0208. The van der Waals surface area contributed by atoms with Crippen LogP contribution in [-0.2, 0) is 0 Å². The molecule has 0 heterocycles. The van der Waals surface area contributed by atoms with Gasteiger partial charge in [0.15, 0.2) is 0 Å². The number of oxime groups is 1. The van der Waals surface area contributed by atoms with E-state index < -0.39 is 0 Å². The van der Waals surface area contributed by atoms with E-state index in [2.05, 4.69) is 5.16 Å². The third-order valence-corrected chi connectivity index (χ3v) is 2.35. The predicted molar refractivity (Wildman–Crippen MR) is 41.9 cm³/mol. The lowest BCUT2D eigenvalue weighted by molar-refractivity contribution is 0.316. The smallest absolute Gasteiger partial charge is 0.0751 e. The Labute approximate surface area is 65.9 Å². The summed E-state index contributed by atoms with van der Waals surface area (Å²) in [6.45, 7) is 0. The topological polar surface area (TPSA) is 32.6 Å². The molecule has 0 saturated heterocycles. The van der Waals surface area contributed by atoms with E-state index in [0.717, 1.165) is 31.4 Å². The summed E-state index contributed by atoms with van der Waals surface area (Å²) < 4.78 is 0. The Bertz CT molecular complexity index is 136. The van der Waals surface area contributed by atoms with Crippen molar-refractivity contribution in [1.29, 1.82) is 0 Å². The molecule has 0 spiro atoms. The van der Waals surface area contributed by atoms with Gasteiger partial charge in [-0.15, -0.1) is 11.6 Å². The normalized spacial score (nSPS) is 32.1. The molecule has 0 bridgehead atoms. The van der Waals surface area contributed by atoms with Crippen molar-refractivity contribution in [3.8, 4) is 0 Å². The second-order valence-corrected chi connectivity index (χ2v) is 3.19. The molecule has 0 amide bonds. The zero-order valence-corrected chi connectivity index (χ0v) is 6.64. The summed E-state index contributed by atoms with van der Waals surface area (Å²) in [7, 11) is 0. The van der Waals surface area contributed by atoms with Gasteiger partial charge in [0, 0.05) is 0 Å². The van der Waals surface area contributed by atoms with E-state index in [1.165, 1.54) is 6.42 Å². The molecule has 0 aliphatic heterocycles. The van der Waals surface area contributed by atoms with Crippen molar-refractivity contribution < 1.29 is 5.21 Å². The quantitative estimate of drug-likeness (QED) is 0.252. The standard InChI is InChI=1S/C7H12ClNO/c8-6-4-2-1-3-5-7(6)9-10/h6,10H,1-5H2. The lowest BCUT2D eigenvalue weighted by Crippen LogP contribution is -2.11. The Hall–Kier alpha value is -0.240. The van der Waals surface area contributed by atoms with E-state index in [1.54, 1.807) is 0 Å². The molecule has 0 aromatic rings. The fourth-order valence-corrected chi connectivity index (χ4v) is 1.55. The minimum Gasteiger partial charge on any atom is -0.411 e. The molecule has 3 heteroatoms. The third-order valence-electron chi connectivity index (χ3n) is 1.88. The van der Waals surface area contributed by atoms with Crippen LogP contribution >= 0.6 is 11.6 Å². The Balaban J connectivity index is 2.52. The monoisotopic (exact) mass is 161 g/mol. The van der Waals surface area contributed by atoms with Crippen LogP contribution in [0, 0.1) is 0 Å². The van der Waals surface area contributed by atoms with Crippen LogP contribution in [0.2, 0.25) is 0 Å². The molecule has 1 aliphatic rings. The van der Waals surface area contributed by atoms with Gasteiger partial charge in [-0.3, -0.25) is 0 Å².